The van der Waals surface area contributed by atoms with Crippen molar-refractivity contribution in [1.82, 2.24) is 24.8 Å². The Hall–Kier alpha value is -2.27. The standard InChI is InChI=1S/C16H17N5/c1-11-18-7-12-4-6-21(10-15(12)20-11)9-13-8-19-16-14(13)3-2-5-17-16/h2-3,5,7-8H,4,6,9-10H2,1H3,(H,17,19). The zero-order chi connectivity index (χ0) is 14.2. The molecule has 0 aliphatic carbocycles. The first-order valence-electron chi connectivity index (χ1n) is 7.24. The molecule has 1 aliphatic rings. The topological polar surface area (TPSA) is 57.7 Å². The molecule has 0 unspecified atom stereocenters. The SMILES string of the molecule is Cc1ncc2c(n1)CN(Cc1c[nH]c3ncccc13)CC2. The Morgan fingerprint density at radius 1 is 1.33 bits per heavy atom. The molecule has 4 rings (SSSR count). The van der Waals surface area contributed by atoms with Gasteiger partial charge in [0, 0.05) is 43.6 Å². The average Bonchev–Trinajstić information content (AvgIpc) is 2.90. The van der Waals surface area contributed by atoms with Gasteiger partial charge in [0.25, 0.3) is 0 Å². The van der Waals surface area contributed by atoms with Crippen LogP contribution in [0.2, 0.25) is 0 Å². The molecule has 0 amide bonds. The second-order valence-electron chi connectivity index (χ2n) is 5.56. The molecule has 5 nitrogen and oxygen atoms in total. The van der Waals surface area contributed by atoms with E-state index in [4.69, 9.17) is 0 Å². The van der Waals surface area contributed by atoms with Crippen molar-refractivity contribution in [3.63, 3.8) is 0 Å². The van der Waals surface area contributed by atoms with Crippen LogP contribution in [0.1, 0.15) is 22.6 Å². The Balaban J connectivity index is 1.59. The van der Waals surface area contributed by atoms with Crippen LogP contribution in [0, 0.1) is 6.92 Å². The minimum absolute atomic E-state index is 0.854. The normalized spacial score (nSPS) is 15.3. The van der Waals surface area contributed by atoms with Crippen LogP contribution in [0.4, 0.5) is 0 Å². The highest BCUT2D eigenvalue weighted by molar-refractivity contribution is 5.79. The summed E-state index contributed by atoms with van der Waals surface area (Å²) in [7, 11) is 0. The van der Waals surface area contributed by atoms with Crippen LogP contribution < -0.4 is 0 Å². The number of nitrogens with one attached hydrogen (secondary N) is 1. The lowest BCUT2D eigenvalue weighted by molar-refractivity contribution is 0.241. The van der Waals surface area contributed by atoms with Gasteiger partial charge in [-0.05, 0) is 36.6 Å². The fraction of sp³-hybridized carbons (Fsp3) is 0.312. The minimum Gasteiger partial charge on any atom is -0.346 e. The molecule has 0 bridgehead atoms. The minimum atomic E-state index is 0.854. The Kier molecular flexibility index (Phi) is 2.93. The van der Waals surface area contributed by atoms with Crippen LogP contribution in [0.15, 0.2) is 30.7 Å². The third-order valence-electron chi connectivity index (χ3n) is 4.08. The van der Waals surface area contributed by atoms with Crippen LogP contribution in [-0.4, -0.2) is 31.4 Å². The molecule has 21 heavy (non-hydrogen) atoms. The van der Waals surface area contributed by atoms with E-state index in [-0.39, 0.29) is 0 Å². The van der Waals surface area contributed by atoms with Crippen molar-refractivity contribution in [1.29, 1.82) is 0 Å². The van der Waals surface area contributed by atoms with Crippen molar-refractivity contribution in [3.05, 3.63) is 53.4 Å². The summed E-state index contributed by atoms with van der Waals surface area (Å²) in [5, 5.41) is 1.21. The predicted octanol–water partition coefficient (Wildman–Crippen LogP) is 2.22. The lowest BCUT2D eigenvalue weighted by Gasteiger charge is -2.27. The van der Waals surface area contributed by atoms with Crippen molar-refractivity contribution < 1.29 is 0 Å². The molecule has 106 valence electrons. The molecule has 0 atom stereocenters. The molecule has 5 heteroatoms. The van der Waals surface area contributed by atoms with Crippen LogP contribution in [-0.2, 0) is 19.5 Å². The highest BCUT2D eigenvalue weighted by atomic mass is 15.1. The molecule has 0 fully saturated rings. The number of aromatic nitrogens is 4. The first-order valence-corrected chi connectivity index (χ1v) is 7.24. The van der Waals surface area contributed by atoms with Gasteiger partial charge in [0.2, 0.25) is 0 Å². The number of rotatable bonds is 2. The largest absolute Gasteiger partial charge is 0.346 e. The smallest absolute Gasteiger partial charge is 0.137 e. The molecule has 4 heterocycles. The van der Waals surface area contributed by atoms with Crippen molar-refractivity contribution in [2.45, 2.75) is 26.4 Å². The summed E-state index contributed by atoms with van der Waals surface area (Å²) in [5.74, 6) is 0.854. The summed E-state index contributed by atoms with van der Waals surface area (Å²) >= 11 is 0. The molecule has 1 N–H and O–H groups in total. The van der Waals surface area contributed by atoms with E-state index in [9.17, 15) is 0 Å². The summed E-state index contributed by atoms with van der Waals surface area (Å²) in [6, 6.07) is 4.11. The Morgan fingerprint density at radius 2 is 2.29 bits per heavy atom. The lowest BCUT2D eigenvalue weighted by atomic mass is 10.1. The van der Waals surface area contributed by atoms with E-state index in [0.29, 0.717) is 0 Å². The van der Waals surface area contributed by atoms with Gasteiger partial charge in [-0.1, -0.05) is 0 Å². The highest BCUT2D eigenvalue weighted by Gasteiger charge is 2.19. The van der Waals surface area contributed by atoms with Crippen LogP contribution in [0.3, 0.4) is 0 Å². The van der Waals surface area contributed by atoms with E-state index in [1.54, 1.807) is 0 Å². The van der Waals surface area contributed by atoms with Crippen molar-refractivity contribution in [3.8, 4) is 0 Å². The number of aromatic amines is 1. The molecular formula is C16H17N5. The molecule has 1 aliphatic heterocycles. The van der Waals surface area contributed by atoms with Crippen LogP contribution in [0.25, 0.3) is 11.0 Å². The fourth-order valence-corrected chi connectivity index (χ4v) is 2.98. The first kappa shape index (κ1) is 12.5. The maximum absolute atomic E-state index is 4.58. The first-order chi connectivity index (χ1) is 10.3. The van der Waals surface area contributed by atoms with Gasteiger partial charge < -0.3 is 4.98 Å². The third-order valence-corrected chi connectivity index (χ3v) is 4.08. The zero-order valence-corrected chi connectivity index (χ0v) is 12.0. The van der Waals surface area contributed by atoms with Crippen LogP contribution >= 0.6 is 0 Å². The number of hydrogen-bond donors (Lipinski definition) is 1. The molecule has 0 aromatic carbocycles. The van der Waals surface area contributed by atoms with E-state index in [2.05, 4.69) is 37.1 Å². The predicted molar refractivity (Wildman–Crippen MR) is 80.7 cm³/mol. The quantitative estimate of drug-likeness (QED) is 0.781. The molecule has 3 aromatic heterocycles. The Labute approximate surface area is 123 Å². The number of fused-ring (bicyclic) bond motifs is 2. The fourth-order valence-electron chi connectivity index (χ4n) is 2.98. The van der Waals surface area contributed by atoms with Gasteiger partial charge in [0.1, 0.15) is 11.5 Å². The Morgan fingerprint density at radius 3 is 3.24 bits per heavy atom. The Bertz CT molecular complexity index is 792. The number of hydrogen-bond acceptors (Lipinski definition) is 4. The average molecular weight is 279 g/mol. The van der Waals surface area contributed by atoms with Gasteiger partial charge in [-0.25, -0.2) is 15.0 Å². The van der Waals surface area contributed by atoms with Crippen LogP contribution in [0.5, 0.6) is 0 Å². The van der Waals surface area contributed by atoms with Crippen molar-refractivity contribution in [2.75, 3.05) is 6.54 Å². The number of nitrogens with zero attached hydrogens (tertiary/aromatic N) is 4. The summed E-state index contributed by atoms with van der Waals surface area (Å²) < 4.78 is 0. The number of H-pyrrole nitrogens is 1. The summed E-state index contributed by atoms with van der Waals surface area (Å²) in [6.45, 7) is 4.82. The monoisotopic (exact) mass is 279 g/mol. The molecule has 0 radical (unpaired) electrons. The van der Waals surface area contributed by atoms with Gasteiger partial charge in [-0.3, -0.25) is 4.90 Å². The van der Waals surface area contributed by atoms with Gasteiger partial charge in [-0.15, -0.1) is 0 Å². The van der Waals surface area contributed by atoms with Gasteiger partial charge in [0.05, 0.1) is 5.69 Å². The van der Waals surface area contributed by atoms with E-state index < -0.39 is 0 Å². The second kappa shape index (κ2) is 4.93. The van der Waals surface area contributed by atoms with Gasteiger partial charge >= 0.3 is 0 Å². The summed E-state index contributed by atoms with van der Waals surface area (Å²) in [4.78, 5) is 18.9. The van der Waals surface area contributed by atoms with Crippen molar-refractivity contribution >= 4 is 11.0 Å². The molecule has 3 aromatic rings. The van der Waals surface area contributed by atoms with E-state index in [0.717, 1.165) is 37.5 Å². The number of aryl methyl sites for hydroxylation is 1. The van der Waals surface area contributed by atoms with Crippen molar-refractivity contribution in [2.24, 2.45) is 0 Å². The van der Waals surface area contributed by atoms with E-state index in [1.165, 1.54) is 22.2 Å². The molecular weight excluding hydrogens is 262 g/mol. The summed E-state index contributed by atoms with van der Waals surface area (Å²) in [5.41, 5.74) is 4.72. The molecule has 0 saturated heterocycles. The third kappa shape index (κ3) is 2.29. The van der Waals surface area contributed by atoms with E-state index >= 15 is 0 Å². The molecule has 0 spiro atoms. The van der Waals surface area contributed by atoms with Gasteiger partial charge in [-0.2, -0.15) is 0 Å². The maximum atomic E-state index is 4.58. The second-order valence-corrected chi connectivity index (χ2v) is 5.56. The maximum Gasteiger partial charge on any atom is 0.137 e. The lowest BCUT2D eigenvalue weighted by Crippen LogP contribution is -2.31. The zero-order valence-electron chi connectivity index (χ0n) is 12.0. The van der Waals surface area contributed by atoms with Gasteiger partial charge in [0.15, 0.2) is 0 Å². The number of pyridine rings is 1. The summed E-state index contributed by atoms with van der Waals surface area (Å²) in [6.07, 6.45) is 6.89. The van der Waals surface area contributed by atoms with E-state index in [1.807, 2.05) is 25.4 Å². The highest BCUT2D eigenvalue weighted by Crippen LogP contribution is 2.22. The molecule has 0 saturated carbocycles.